The lowest BCUT2D eigenvalue weighted by molar-refractivity contribution is -0.117. The zero-order valence-corrected chi connectivity index (χ0v) is 13.5. The van der Waals surface area contributed by atoms with Gasteiger partial charge in [-0.2, -0.15) is 0 Å². The van der Waals surface area contributed by atoms with Crippen LogP contribution in [0.5, 0.6) is 0 Å². The molecular weight excluding hydrogens is 320 g/mol. The van der Waals surface area contributed by atoms with Gasteiger partial charge in [-0.05, 0) is 35.7 Å². The lowest BCUT2D eigenvalue weighted by atomic mass is 10.3. The molecule has 1 amide bonds. The predicted octanol–water partition coefficient (Wildman–Crippen LogP) is 4.95. The van der Waals surface area contributed by atoms with E-state index < -0.39 is 0 Å². The Balaban J connectivity index is 1.73. The van der Waals surface area contributed by atoms with Crippen molar-refractivity contribution in [3.05, 3.63) is 35.0 Å². The van der Waals surface area contributed by atoms with Gasteiger partial charge in [0, 0.05) is 10.8 Å². The zero-order valence-electron chi connectivity index (χ0n) is 11.0. The van der Waals surface area contributed by atoms with E-state index in [1.54, 1.807) is 34.0 Å². The molecule has 1 aliphatic rings. The summed E-state index contributed by atoms with van der Waals surface area (Å²) < 4.78 is 0. The van der Waals surface area contributed by atoms with Crippen molar-refractivity contribution in [3.63, 3.8) is 0 Å². The van der Waals surface area contributed by atoms with E-state index in [1.165, 1.54) is 4.88 Å². The molecule has 3 aromatic rings. The van der Waals surface area contributed by atoms with Gasteiger partial charge in [0.1, 0.15) is 5.69 Å². The maximum Gasteiger partial charge on any atom is 0.229 e. The number of amides is 1. The largest absolute Gasteiger partial charge is 0.302 e. The van der Waals surface area contributed by atoms with E-state index in [2.05, 4.69) is 33.2 Å². The SMILES string of the molecule is O=C(Nc1nc(-c2cccs2)c(-c2cccs2)s1)C1CC1. The molecule has 6 heteroatoms. The predicted molar refractivity (Wildman–Crippen MR) is 90.1 cm³/mol. The van der Waals surface area contributed by atoms with Gasteiger partial charge in [0.05, 0.1) is 9.75 Å². The summed E-state index contributed by atoms with van der Waals surface area (Å²) in [5, 5.41) is 7.79. The van der Waals surface area contributed by atoms with Crippen molar-refractivity contribution in [1.29, 1.82) is 0 Å². The first-order valence-electron chi connectivity index (χ1n) is 6.71. The Kier molecular flexibility index (Phi) is 3.37. The molecule has 0 spiro atoms. The van der Waals surface area contributed by atoms with Gasteiger partial charge in [-0.3, -0.25) is 4.79 Å². The number of nitrogens with zero attached hydrogens (tertiary/aromatic N) is 1. The molecule has 0 atom stereocenters. The number of hydrogen-bond donors (Lipinski definition) is 1. The third-order valence-corrected chi connectivity index (χ3v) is 6.20. The van der Waals surface area contributed by atoms with Gasteiger partial charge in [0.2, 0.25) is 5.91 Å². The number of thiazole rings is 1. The number of carbonyl (C=O) groups is 1. The van der Waals surface area contributed by atoms with E-state index in [-0.39, 0.29) is 11.8 Å². The van der Waals surface area contributed by atoms with Crippen LogP contribution in [0.3, 0.4) is 0 Å². The highest BCUT2D eigenvalue weighted by Gasteiger charge is 2.30. The molecular formula is C15H12N2OS3. The second-order valence-electron chi connectivity index (χ2n) is 4.91. The maximum absolute atomic E-state index is 11.9. The lowest BCUT2D eigenvalue weighted by Crippen LogP contribution is -2.12. The zero-order chi connectivity index (χ0) is 14.2. The fraction of sp³-hybridized carbons (Fsp3) is 0.200. The summed E-state index contributed by atoms with van der Waals surface area (Å²) in [6.07, 6.45) is 2.01. The third kappa shape index (κ3) is 2.66. The standard InChI is InChI=1S/C15H12N2OS3/c18-14(9-5-6-9)17-15-16-12(10-3-1-7-19-10)13(21-15)11-4-2-8-20-11/h1-4,7-9H,5-6H2,(H,16,17,18). The second-order valence-corrected chi connectivity index (χ2v) is 7.81. The van der Waals surface area contributed by atoms with Gasteiger partial charge in [-0.1, -0.05) is 23.5 Å². The Morgan fingerprint density at radius 3 is 2.48 bits per heavy atom. The highest BCUT2D eigenvalue weighted by atomic mass is 32.1. The Morgan fingerprint density at radius 1 is 1.14 bits per heavy atom. The first-order valence-corrected chi connectivity index (χ1v) is 9.28. The molecule has 21 heavy (non-hydrogen) atoms. The number of aromatic nitrogens is 1. The Hall–Kier alpha value is -1.50. The van der Waals surface area contributed by atoms with Crippen molar-refractivity contribution in [1.82, 2.24) is 4.98 Å². The summed E-state index contributed by atoms with van der Waals surface area (Å²) in [5.41, 5.74) is 0.976. The summed E-state index contributed by atoms with van der Waals surface area (Å²) in [7, 11) is 0. The molecule has 106 valence electrons. The van der Waals surface area contributed by atoms with Crippen molar-refractivity contribution in [2.75, 3.05) is 5.32 Å². The van der Waals surface area contributed by atoms with Crippen LogP contribution in [-0.2, 0) is 4.79 Å². The van der Waals surface area contributed by atoms with Crippen molar-refractivity contribution in [2.24, 2.45) is 5.92 Å². The smallest absolute Gasteiger partial charge is 0.229 e. The molecule has 4 rings (SSSR count). The van der Waals surface area contributed by atoms with Gasteiger partial charge in [0.15, 0.2) is 5.13 Å². The minimum absolute atomic E-state index is 0.110. The van der Waals surface area contributed by atoms with Crippen molar-refractivity contribution in [3.8, 4) is 20.3 Å². The highest BCUT2D eigenvalue weighted by molar-refractivity contribution is 7.24. The average molecular weight is 332 g/mol. The molecule has 0 unspecified atom stereocenters. The van der Waals surface area contributed by atoms with Crippen LogP contribution in [-0.4, -0.2) is 10.9 Å². The molecule has 3 nitrogen and oxygen atoms in total. The first-order chi connectivity index (χ1) is 10.3. The van der Waals surface area contributed by atoms with Gasteiger partial charge in [0.25, 0.3) is 0 Å². The number of nitrogens with one attached hydrogen (secondary N) is 1. The molecule has 1 aliphatic carbocycles. The molecule has 3 aromatic heterocycles. The summed E-state index contributed by atoms with van der Waals surface area (Å²) in [6, 6.07) is 8.24. The fourth-order valence-electron chi connectivity index (χ4n) is 2.08. The van der Waals surface area contributed by atoms with Crippen LogP contribution in [0.1, 0.15) is 12.8 Å². The van der Waals surface area contributed by atoms with E-state index >= 15 is 0 Å². The Bertz CT molecular complexity index is 703. The molecule has 1 saturated carbocycles. The van der Waals surface area contributed by atoms with E-state index in [9.17, 15) is 4.79 Å². The minimum Gasteiger partial charge on any atom is -0.302 e. The van der Waals surface area contributed by atoms with Gasteiger partial charge in [-0.15, -0.1) is 22.7 Å². The number of carbonyl (C=O) groups excluding carboxylic acids is 1. The molecule has 0 radical (unpaired) electrons. The number of thiophene rings is 2. The van der Waals surface area contributed by atoms with E-state index in [4.69, 9.17) is 0 Å². The molecule has 0 aromatic carbocycles. The lowest BCUT2D eigenvalue weighted by Gasteiger charge is -1.97. The van der Waals surface area contributed by atoms with Crippen LogP contribution in [0.2, 0.25) is 0 Å². The quantitative estimate of drug-likeness (QED) is 0.734. The van der Waals surface area contributed by atoms with Crippen LogP contribution in [0, 0.1) is 5.92 Å². The first kappa shape index (κ1) is 13.2. The van der Waals surface area contributed by atoms with E-state index in [0.717, 1.165) is 28.3 Å². The monoisotopic (exact) mass is 332 g/mol. The van der Waals surface area contributed by atoms with E-state index in [1.807, 2.05) is 12.1 Å². The highest BCUT2D eigenvalue weighted by Crippen LogP contribution is 2.42. The molecule has 1 fully saturated rings. The normalized spacial score (nSPS) is 14.3. The molecule has 0 saturated heterocycles. The third-order valence-electron chi connectivity index (χ3n) is 3.30. The molecule has 0 aliphatic heterocycles. The Labute approximate surface area is 134 Å². The van der Waals surface area contributed by atoms with Crippen molar-refractivity contribution in [2.45, 2.75) is 12.8 Å². The number of rotatable bonds is 4. The minimum atomic E-state index is 0.110. The van der Waals surface area contributed by atoms with Gasteiger partial charge >= 0.3 is 0 Å². The van der Waals surface area contributed by atoms with Gasteiger partial charge in [-0.25, -0.2) is 4.98 Å². The van der Waals surface area contributed by atoms with Crippen LogP contribution < -0.4 is 5.32 Å². The van der Waals surface area contributed by atoms with Gasteiger partial charge < -0.3 is 5.32 Å². The van der Waals surface area contributed by atoms with Crippen LogP contribution >= 0.6 is 34.0 Å². The van der Waals surface area contributed by atoms with E-state index in [0.29, 0.717) is 5.13 Å². The number of anilines is 1. The number of hydrogen-bond acceptors (Lipinski definition) is 5. The summed E-state index contributed by atoms with van der Waals surface area (Å²) >= 11 is 4.94. The molecule has 1 N–H and O–H groups in total. The second kappa shape index (κ2) is 5.36. The maximum atomic E-state index is 11.9. The molecule has 3 heterocycles. The van der Waals surface area contributed by atoms with Crippen LogP contribution in [0.25, 0.3) is 20.3 Å². The topological polar surface area (TPSA) is 42.0 Å². The van der Waals surface area contributed by atoms with Crippen LogP contribution in [0.15, 0.2) is 35.0 Å². The van der Waals surface area contributed by atoms with Crippen LogP contribution in [0.4, 0.5) is 5.13 Å². The van der Waals surface area contributed by atoms with Crippen molar-refractivity contribution >= 4 is 45.0 Å². The summed E-state index contributed by atoms with van der Waals surface area (Å²) in [6.45, 7) is 0. The summed E-state index contributed by atoms with van der Waals surface area (Å²) in [5.74, 6) is 0.309. The average Bonchev–Trinajstić information content (AvgIpc) is 2.93. The Morgan fingerprint density at radius 2 is 1.86 bits per heavy atom. The fourth-order valence-corrected chi connectivity index (χ4v) is 4.70. The van der Waals surface area contributed by atoms with Crippen molar-refractivity contribution < 1.29 is 4.79 Å². The molecule has 0 bridgehead atoms. The summed E-state index contributed by atoms with van der Waals surface area (Å²) in [4.78, 5) is 20.1.